The van der Waals surface area contributed by atoms with Crippen molar-refractivity contribution in [3.8, 4) is 0 Å². The average molecular weight is 221 g/mol. The molecule has 0 fully saturated rings. The Hall–Kier alpha value is -1.16. The fourth-order valence-electron chi connectivity index (χ4n) is 1.71. The molecule has 0 aliphatic rings. The largest absolute Gasteiger partial charge is 0.356 e. The van der Waals surface area contributed by atoms with E-state index in [4.69, 9.17) is 0 Å². The molecule has 0 amide bonds. The summed E-state index contributed by atoms with van der Waals surface area (Å²) in [6.07, 6.45) is 1.66. The van der Waals surface area contributed by atoms with E-state index >= 15 is 0 Å². The van der Waals surface area contributed by atoms with Crippen LogP contribution >= 0.6 is 11.3 Å². The summed E-state index contributed by atoms with van der Waals surface area (Å²) in [5, 5.41) is 2.15. The Morgan fingerprint density at radius 2 is 2.00 bits per heavy atom. The molecule has 2 rings (SSSR count). The van der Waals surface area contributed by atoms with Crippen LogP contribution < -0.4 is 4.90 Å². The maximum absolute atomic E-state index is 4.39. The van der Waals surface area contributed by atoms with Crippen LogP contribution in [0, 0.1) is 6.92 Å². The summed E-state index contributed by atoms with van der Waals surface area (Å²) in [6.45, 7) is 8.37. The number of nitrogens with zero attached hydrogens (tertiary/aromatic N) is 3. The lowest BCUT2D eigenvalue weighted by molar-refractivity contribution is 0.850. The Balaban J connectivity index is 2.60. The molecule has 0 saturated carbocycles. The van der Waals surface area contributed by atoms with Crippen molar-refractivity contribution in [1.82, 2.24) is 9.97 Å². The zero-order valence-corrected chi connectivity index (χ0v) is 10.1. The minimum Gasteiger partial charge on any atom is -0.356 e. The fourth-order valence-corrected chi connectivity index (χ4v) is 2.72. The minimum absolute atomic E-state index is 0.986. The summed E-state index contributed by atoms with van der Waals surface area (Å²) < 4.78 is 1.21. The third-order valence-electron chi connectivity index (χ3n) is 2.58. The molecule has 0 aromatic carbocycles. The second-order valence-corrected chi connectivity index (χ2v) is 4.35. The first kappa shape index (κ1) is 10.4. The van der Waals surface area contributed by atoms with E-state index < -0.39 is 0 Å². The van der Waals surface area contributed by atoms with Gasteiger partial charge in [0.15, 0.2) is 0 Å². The molecule has 4 heteroatoms. The summed E-state index contributed by atoms with van der Waals surface area (Å²) in [6, 6.07) is 0. The van der Waals surface area contributed by atoms with Crippen LogP contribution in [0.5, 0.6) is 0 Å². The number of hydrogen-bond donors (Lipinski definition) is 0. The molecule has 3 nitrogen and oxygen atoms in total. The fraction of sp³-hybridized carbons (Fsp3) is 0.455. The van der Waals surface area contributed by atoms with E-state index in [0.717, 1.165) is 24.4 Å². The molecule has 2 aromatic rings. The van der Waals surface area contributed by atoms with Gasteiger partial charge in [0.05, 0.1) is 10.2 Å². The van der Waals surface area contributed by atoms with Crippen LogP contribution in [0.1, 0.15) is 19.4 Å². The first-order chi connectivity index (χ1) is 7.27. The molecule has 0 saturated heterocycles. The van der Waals surface area contributed by atoms with E-state index in [0.29, 0.717) is 0 Å². The Kier molecular flexibility index (Phi) is 2.86. The van der Waals surface area contributed by atoms with Crippen molar-refractivity contribution in [2.75, 3.05) is 18.0 Å². The third-order valence-corrected chi connectivity index (χ3v) is 3.66. The lowest BCUT2D eigenvalue weighted by Gasteiger charge is -2.19. The van der Waals surface area contributed by atoms with Gasteiger partial charge in [0.1, 0.15) is 12.1 Å². The molecule has 2 aromatic heterocycles. The number of fused-ring (bicyclic) bond motifs is 1. The molecule has 0 aliphatic carbocycles. The normalized spacial score (nSPS) is 10.9. The number of rotatable bonds is 3. The number of thiophene rings is 1. The van der Waals surface area contributed by atoms with Gasteiger partial charge < -0.3 is 4.90 Å². The van der Waals surface area contributed by atoms with Gasteiger partial charge in [-0.2, -0.15) is 0 Å². The maximum Gasteiger partial charge on any atom is 0.150 e. The average Bonchev–Trinajstić information content (AvgIpc) is 2.64. The van der Waals surface area contributed by atoms with Gasteiger partial charge in [0.2, 0.25) is 0 Å². The van der Waals surface area contributed by atoms with Gasteiger partial charge in [-0.05, 0) is 31.7 Å². The maximum atomic E-state index is 4.39. The van der Waals surface area contributed by atoms with Crippen LogP contribution in [0.3, 0.4) is 0 Å². The monoisotopic (exact) mass is 221 g/mol. The molecule has 0 N–H and O–H groups in total. The van der Waals surface area contributed by atoms with Crippen LogP contribution in [0.4, 0.5) is 5.82 Å². The SMILES string of the molecule is CCN(CC)c1ncnc2c(C)csc12. The van der Waals surface area contributed by atoms with Crippen LogP contribution in [-0.4, -0.2) is 23.1 Å². The summed E-state index contributed by atoms with van der Waals surface area (Å²) >= 11 is 1.73. The number of hydrogen-bond acceptors (Lipinski definition) is 4. The van der Waals surface area contributed by atoms with E-state index in [1.54, 1.807) is 17.7 Å². The minimum atomic E-state index is 0.986. The molecule has 0 radical (unpaired) electrons. The Morgan fingerprint density at radius 1 is 1.27 bits per heavy atom. The van der Waals surface area contributed by atoms with Gasteiger partial charge in [-0.25, -0.2) is 9.97 Å². The molecule has 0 spiro atoms. The summed E-state index contributed by atoms with van der Waals surface area (Å²) in [5.74, 6) is 1.07. The molecular weight excluding hydrogens is 206 g/mol. The van der Waals surface area contributed by atoms with E-state index in [1.807, 2.05) is 0 Å². The zero-order chi connectivity index (χ0) is 10.8. The first-order valence-corrected chi connectivity index (χ1v) is 6.09. The molecule has 0 aliphatic heterocycles. The molecule has 0 atom stereocenters. The molecule has 15 heavy (non-hydrogen) atoms. The molecule has 2 heterocycles. The Bertz CT molecular complexity index is 460. The van der Waals surface area contributed by atoms with Gasteiger partial charge in [-0.15, -0.1) is 11.3 Å². The predicted molar refractivity (Wildman–Crippen MR) is 65.7 cm³/mol. The number of aryl methyl sites for hydroxylation is 1. The van der Waals surface area contributed by atoms with Crippen LogP contribution in [0.15, 0.2) is 11.7 Å². The van der Waals surface area contributed by atoms with E-state index in [2.05, 4.69) is 41.0 Å². The van der Waals surface area contributed by atoms with Gasteiger partial charge in [-0.3, -0.25) is 0 Å². The highest BCUT2D eigenvalue weighted by Gasteiger charge is 2.11. The van der Waals surface area contributed by atoms with Crippen molar-refractivity contribution >= 4 is 27.4 Å². The highest BCUT2D eigenvalue weighted by Crippen LogP contribution is 2.30. The summed E-state index contributed by atoms with van der Waals surface area (Å²) in [7, 11) is 0. The van der Waals surface area contributed by atoms with Crippen molar-refractivity contribution in [2.45, 2.75) is 20.8 Å². The quantitative estimate of drug-likeness (QED) is 0.798. The van der Waals surface area contributed by atoms with Crippen LogP contribution in [0.25, 0.3) is 10.2 Å². The van der Waals surface area contributed by atoms with Gasteiger partial charge in [0, 0.05) is 13.1 Å². The second kappa shape index (κ2) is 4.14. The topological polar surface area (TPSA) is 29.0 Å². The lowest BCUT2D eigenvalue weighted by atomic mass is 10.3. The highest BCUT2D eigenvalue weighted by atomic mass is 32.1. The van der Waals surface area contributed by atoms with Crippen molar-refractivity contribution in [2.24, 2.45) is 0 Å². The number of anilines is 1. The van der Waals surface area contributed by atoms with E-state index in [-0.39, 0.29) is 0 Å². The van der Waals surface area contributed by atoms with E-state index in [9.17, 15) is 0 Å². The lowest BCUT2D eigenvalue weighted by Crippen LogP contribution is -2.23. The van der Waals surface area contributed by atoms with Crippen molar-refractivity contribution in [1.29, 1.82) is 0 Å². The van der Waals surface area contributed by atoms with Gasteiger partial charge >= 0.3 is 0 Å². The van der Waals surface area contributed by atoms with Crippen LogP contribution in [-0.2, 0) is 0 Å². The van der Waals surface area contributed by atoms with Gasteiger partial charge in [0.25, 0.3) is 0 Å². The summed E-state index contributed by atoms with van der Waals surface area (Å²) in [5.41, 5.74) is 2.34. The highest BCUT2D eigenvalue weighted by molar-refractivity contribution is 7.18. The molecular formula is C11H15N3S. The van der Waals surface area contributed by atoms with E-state index in [1.165, 1.54) is 10.3 Å². The number of aromatic nitrogens is 2. The molecule has 80 valence electrons. The summed E-state index contributed by atoms with van der Waals surface area (Å²) in [4.78, 5) is 11.0. The second-order valence-electron chi connectivity index (χ2n) is 3.47. The third kappa shape index (κ3) is 1.69. The van der Waals surface area contributed by atoms with Crippen molar-refractivity contribution in [3.05, 3.63) is 17.3 Å². The standard InChI is InChI=1S/C11H15N3S/c1-4-14(5-2)11-10-9(12-7-13-11)8(3)6-15-10/h6-7H,4-5H2,1-3H3. The van der Waals surface area contributed by atoms with Crippen molar-refractivity contribution in [3.63, 3.8) is 0 Å². The van der Waals surface area contributed by atoms with Gasteiger partial charge in [-0.1, -0.05) is 0 Å². The van der Waals surface area contributed by atoms with Crippen molar-refractivity contribution < 1.29 is 0 Å². The Labute approximate surface area is 93.8 Å². The first-order valence-electron chi connectivity index (χ1n) is 5.21. The van der Waals surface area contributed by atoms with Crippen LogP contribution in [0.2, 0.25) is 0 Å². The molecule has 0 bridgehead atoms. The predicted octanol–water partition coefficient (Wildman–Crippen LogP) is 2.85. The Morgan fingerprint density at radius 3 is 2.67 bits per heavy atom. The molecule has 0 unspecified atom stereocenters. The zero-order valence-electron chi connectivity index (χ0n) is 9.32. The smallest absolute Gasteiger partial charge is 0.150 e.